The van der Waals surface area contributed by atoms with Gasteiger partial charge >= 0.3 is 0 Å². The molecule has 0 N–H and O–H groups in total. The smallest absolute Gasteiger partial charge is 0.101 e. The summed E-state index contributed by atoms with van der Waals surface area (Å²) >= 11 is 0. The summed E-state index contributed by atoms with van der Waals surface area (Å²) in [6, 6.07) is 80.3. The van der Waals surface area contributed by atoms with Crippen LogP contribution in [0.5, 0.6) is 0 Å². The second-order valence-electron chi connectivity index (χ2n) is 17.9. The first-order valence-electron chi connectivity index (χ1n) is 23.7. The molecule has 0 spiro atoms. The van der Waals surface area contributed by atoms with E-state index in [4.69, 9.17) is 0 Å². The van der Waals surface area contributed by atoms with E-state index < -0.39 is 0 Å². The van der Waals surface area contributed by atoms with Gasteiger partial charge < -0.3 is 9.13 Å². The Hall–Kier alpha value is -11.3. The first-order chi connectivity index (χ1) is 36.4. The summed E-state index contributed by atoms with van der Waals surface area (Å²) in [6.45, 7) is 0. The Labute approximate surface area is 425 Å². The molecule has 0 fully saturated rings. The molecule has 2 aromatic heterocycles. The standard InChI is InChI=1S/C66H34N8/c67-35-41-10-9-15-42(28-41)60-34-61(73-62-29-43(52-16-5-1-11-47(52)36-68)20-24-56(62)57-25-21-44(30-63(57)73)53-17-6-2-12-48(53)37-69)51(40-72)33-66(60)74-64-31-45(54-18-7-3-13-49(54)38-70)22-26-58(64)59-27-23-46(32-65(59)74)55-19-8-4-14-50(55)39-71/h1-34H. The maximum absolute atomic E-state index is 11.6. The van der Waals surface area contributed by atoms with Crippen LogP contribution in [0.4, 0.5) is 0 Å². The van der Waals surface area contributed by atoms with E-state index >= 15 is 0 Å². The van der Waals surface area contributed by atoms with Gasteiger partial charge in [-0.25, -0.2) is 0 Å². The van der Waals surface area contributed by atoms with Crippen LogP contribution in [0.15, 0.2) is 206 Å². The monoisotopic (exact) mass is 938 g/mol. The third-order valence-electron chi connectivity index (χ3n) is 14.0. The molecule has 338 valence electrons. The van der Waals surface area contributed by atoms with Crippen LogP contribution in [0.3, 0.4) is 0 Å². The van der Waals surface area contributed by atoms with Gasteiger partial charge in [-0.1, -0.05) is 133 Å². The fraction of sp³-hybridized carbons (Fsp3) is 0. The minimum atomic E-state index is 0.344. The van der Waals surface area contributed by atoms with E-state index in [0.29, 0.717) is 50.3 Å². The maximum atomic E-state index is 11.6. The fourth-order valence-electron chi connectivity index (χ4n) is 10.6. The van der Waals surface area contributed by atoms with Crippen molar-refractivity contribution in [3.63, 3.8) is 0 Å². The SMILES string of the molecule is N#Cc1cccc(-c2cc(-n3c4cc(-c5ccccc5C#N)ccc4c4ccc(-c5ccccc5C#N)cc43)c(C#N)cc2-n2c3cc(-c4ccccc4C#N)ccc3c3ccc(-c4ccccc4C#N)cc32)c1. The van der Waals surface area contributed by atoms with Crippen molar-refractivity contribution in [3.05, 3.63) is 240 Å². The molecule has 0 saturated carbocycles. The van der Waals surface area contributed by atoms with Crippen LogP contribution in [0.25, 0.3) is 111 Å². The molecule has 0 aliphatic rings. The average molecular weight is 939 g/mol. The molecule has 0 aliphatic carbocycles. The highest BCUT2D eigenvalue weighted by molar-refractivity contribution is 6.13. The van der Waals surface area contributed by atoms with Crippen molar-refractivity contribution in [2.45, 2.75) is 0 Å². The Balaban J connectivity index is 1.22. The van der Waals surface area contributed by atoms with Crippen molar-refractivity contribution in [3.8, 4) is 103 Å². The lowest BCUT2D eigenvalue weighted by atomic mass is 9.97. The van der Waals surface area contributed by atoms with E-state index in [9.17, 15) is 31.6 Å². The number of aromatic nitrogens is 2. The summed E-state index contributed by atoms with van der Waals surface area (Å²) in [4.78, 5) is 0. The summed E-state index contributed by atoms with van der Waals surface area (Å²) in [5, 5.41) is 66.6. The van der Waals surface area contributed by atoms with Crippen LogP contribution in [-0.2, 0) is 0 Å². The molecule has 0 bridgehead atoms. The van der Waals surface area contributed by atoms with Crippen molar-refractivity contribution >= 4 is 43.6 Å². The zero-order valence-electron chi connectivity index (χ0n) is 39.2. The molecule has 74 heavy (non-hydrogen) atoms. The Morgan fingerprint density at radius 1 is 0.243 bits per heavy atom. The summed E-state index contributed by atoms with van der Waals surface area (Å²) in [7, 11) is 0. The second kappa shape index (κ2) is 17.9. The fourth-order valence-corrected chi connectivity index (χ4v) is 10.6. The predicted octanol–water partition coefficient (Wildman–Crippen LogP) is 15.4. The Morgan fingerprint density at radius 2 is 0.581 bits per heavy atom. The number of rotatable bonds is 7. The Morgan fingerprint density at radius 3 is 0.932 bits per heavy atom. The molecule has 10 aromatic carbocycles. The molecule has 8 nitrogen and oxygen atoms in total. The maximum Gasteiger partial charge on any atom is 0.101 e. The highest BCUT2D eigenvalue weighted by Crippen LogP contribution is 2.44. The molecule has 8 heteroatoms. The van der Waals surface area contributed by atoms with Crippen LogP contribution in [0.2, 0.25) is 0 Å². The van der Waals surface area contributed by atoms with Crippen molar-refractivity contribution in [1.29, 1.82) is 31.6 Å². The zero-order valence-corrected chi connectivity index (χ0v) is 39.2. The Bertz CT molecular complexity index is 4410. The summed E-state index contributed by atoms with van der Waals surface area (Å²) < 4.78 is 4.25. The van der Waals surface area contributed by atoms with Gasteiger partial charge in [0, 0.05) is 27.1 Å². The largest absolute Gasteiger partial charge is 0.309 e. The van der Waals surface area contributed by atoms with Crippen LogP contribution in [0, 0.1) is 68.0 Å². The van der Waals surface area contributed by atoms with Gasteiger partial charge in [0.05, 0.1) is 97.2 Å². The lowest BCUT2D eigenvalue weighted by molar-refractivity contribution is 1.14. The molecule has 12 aromatic rings. The molecule has 0 amide bonds. The molecule has 0 radical (unpaired) electrons. The Kier molecular flexibility index (Phi) is 10.7. The van der Waals surface area contributed by atoms with Crippen molar-refractivity contribution in [1.82, 2.24) is 9.13 Å². The van der Waals surface area contributed by atoms with E-state index in [1.807, 2.05) is 127 Å². The highest BCUT2D eigenvalue weighted by atomic mass is 15.0. The predicted molar refractivity (Wildman–Crippen MR) is 291 cm³/mol. The van der Waals surface area contributed by atoms with Gasteiger partial charge in [0.2, 0.25) is 0 Å². The molecule has 0 atom stereocenters. The lowest BCUT2D eigenvalue weighted by Gasteiger charge is -2.20. The zero-order chi connectivity index (χ0) is 50.5. The van der Waals surface area contributed by atoms with Crippen LogP contribution in [0.1, 0.15) is 33.4 Å². The van der Waals surface area contributed by atoms with Gasteiger partial charge in [-0.3, -0.25) is 0 Å². The third kappa shape index (κ3) is 7.10. The van der Waals surface area contributed by atoms with E-state index in [1.54, 1.807) is 30.3 Å². The molecule has 0 unspecified atom stereocenters. The molecule has 0 aliphatic heterocycles. The number of hydrogen-bond acceptors (Lipinski definition) is 6. The van der Waals surface area contributed by atoms with Gasteiger partial charge in [-0.2, -0.15) is 31.6 Å². The lowest BCUT2D eigenvalue weighted by Crippen LogP contribution is -2.04. The van der Waals surface area contributed by atoms with Gasteiger partial charge in [0.15, 0.2) is 0 Å². The topological polar surface area (TPSA) is 153 Å². The summed E-state index contributed by atoms with van der Waals surface area (Å²) in [5.74, 6) is 0. The minimum absolute atomic E-state index is 0.344. The van der Waals surface area contributed by atoms with Gasteiger partial charge in [-0.05, 0) is 123 Å². The van der Waals surface area contributed by atoms with Crippen LogP contribution >= 0.6 is 0 Å². The number of fused-ring (bicyclic) bond motifs is 6. The minimum Gasteiger partial charge on any atom is -0.309 e. The van der Waals surface area contributed by atoms with Gasteiger partial charge in [0.25, 0.3) is 0 Å². The summed E-state index contributed by atoms with van der Waals surface area (Å²) in [5.41, 5.74) is 15.1. The quantitative estimate of drug-likeness (QED) is 0.155. The number of nitriles is 6. The van der Waals surface area contributed by atoms with Gasteiger partial charge in [0.1, 0.15) is 6.07 Å². The number of hydrogen-bond donors (Lipinski definition) is 0. The molecular formula is C66H34N8. The van der Waals surface area contributed by atoms with Crippen molar-refractivity contribution in [2.75, 3.05) is 0 Å². The molecule has 2 heterocycles. The van der Waals surface area contributed by atoms with Crippen molar-refractivity contribution < 1.29 is 0 Å². The third-order valence-corrected chi connectivity index (χ3v) is 14.0. The number of nitrogens with zero attached hydrogens (tertiary/aromatic N) is 8. The number of benzene rings is 10. The molecule has 12 rings (SSSR count). The van der Waals surface area contributed by atoms with E-state index in [-0.39, 0.29) is 0 Å². The normalized spacial score (nSPS) is 10.9. The highest BCUT2D eigenvalue weighted by Gasteiger charge is 2.24. The first kappa shape index (κ1) is 44.0. The first-order valence-corrected chi connectivity index (χ1v) is 23.7. The van der Waals surface area contributed by atoms with Crippen LogP contribution in [-0.4, -0.2) is 9.13 Å². The van der Waals surface area contributed by atoms with E-state index in [0.717, 1.165) is 93.7 Å². The summed E-state index contributed by atoms with van der Waals surface area (Å²) in [6.07, 6.45) is 0. The van der Waals surface area contributed by atoms with Crippen LogP contribution < -0.4 is 0 Å². The van der Waals surface area contributed by atoms with Crippen molar-refractivity contribution in [2.24, 2.45) is 0 Å². The van der Waals surface area contributed by atoms with E-state index in [1.165, 1.54) is 0 Å². The van der Waals surface area contributed by atoms with E-state index in [2.05, 4.69) is 94.1 Å². The molecule has 0 saturated heterocycles. The average Bonchev–Trinajstić information content (AvgIpc) is 3.98. The van der Waals surface area contributed by atoms with Gasteiger partial charge in [-0.15, -0.1) is 0 Å². The second-order valence-corrected chi connectivity index (χ2v) is 17.9. The molecular weight excluding hydrogens is 905 g/mol.